The van der Waals surface area contributed by atoms with Gasteiger partial charge in [-0.2, -0.15) is 0 Å². The molecule has 6 aromatic rings. The fourth-order valence-corrected chi connectivity index (χ4v) is 3.57. The van der Waals surface area contributed by atoms with Gasteiger partial charge in [0.05, 0.1) is 17.1 Å². The van der Waals surface area contributed by atoms with Gasteiger partial charge in [-0.05, 0) is 70.4 Å². The molecule has 7 heteroatoms. The summed E-state index contributed by atoms with van der Waals surface area (Å²) in [6.45, 7) is 12.1. The molecule has 0 N–H and O–H groups in total. The van der Waals surface area contributed by atoms with Crippen LogP contribution >= 0.6 is 0 Å². The smallest absolute Gasteiger partial charge is 0.233 e. The SMILES string of the molecule is Cc1ccc2nc(C)cn2c1.Cc1ccc2nc(C)cn2c1.Cc1cnc2nc(C)cn2c1. The van der Waals surface area contributed by atoms with Crippen LogP contribution in [-0.2, 0) is 0 Å². The minimum Gasteiger partial charge on any atom is -0.307 e. The van der Waals surface area contributed by atoms with Crippen molar-refractivity contribution >= 4 is 17.1 Å². The molecule has 0 bridgehead atoms. The molecule has 0 amide bonds. The molecule has 0 aliphatic heterocycles. The van der Waals surface area contributed by atoms with E-state index in [1.165, 1.54) is 11.1 Å². The molecule has 0 spiro atoms. The van der Waals surface area contributed by atoms with E-state index in [1.54, 1.807) is 0 Å². The quantitative estimate of drug-likeness (QED) is 0.324. The van der Waals surface area contributed by atoms with Crippen LogP contribution in [0.3, 0.4) is 0 Å². The molecule has 0 aromatic carbocycles. The second kappa shape index (κ2) is 9.24. The maximum absolute atomic E-state index is 4.32. The van der Waals surface area contributed by atoms with Crippen molar-refractivity contribution in [2.75, 3.05) is 0 Å². The lowest BCUT2D eigenvalue weighted by Crippen LogP contribution is -1.87. The Morgan fingerprint density at radius 3 is 1.48 bits per heavy atom. The van der Waals surface area contributed by atoms with Crippen LogP contribution < -0.4 is 0 Å². The molecule has 0 unspecified atom stereocenters. The number of aromatic nitrogens is 7. The van der Waals surface area contributed by atoms with Gasteiger partial charge in [0.1, 0.15) is 11.3 Å². The summed E-state index contributed by atoms with van der Waals surface area (Å²) in [6, 6.07) is 8.20. The van der Waals surface area contributed by atoms with Crippen molar-refractivity contribution in [3.05, 3.63) is 101 Å². The molecule has 0 aliphatic rings. The van der Waals surface area contributed by atoms with Gasteiger partial charge in [0.2, 0.25) is 5.78 Å². The molecule has 0 atom stereocenters. The maximum atomic E-state index is 4.32. The van der Waals surface area contributed by atoms with E-state index >= 15 is 0 Å². The Bertz CT molecular complexity index is 1350. The van der Waals surface area contributed by atoms with Gasteiger partial charge in [-0.15, -0.1) is 0 Å². The molecule has 6 rings (SSSR count). The topological polar surface area (TPSA) is 64.8 Å². The molecule has 33 heavy (non-hydrogen) atoms. The zero-order valence-electron chi connectivity index (χ0n) is 20.0. The monoisotopic (exact) mass is 439 g/mol. The van der Waals surface area contributed by atoms with Crippen LogP contribution in [0.4, 0.5) is 0 Å². The Kier molecular flexibility index (Phi) is 6.22. The highest BCUT2D eigenvalue weighted by Gasteiger charge is 1.97. The van der Waals surface area contributed by atoms with Crippen molar-refractivity contribution in [2.45, 2.75) is 41.5 Å². The lowest BCUT2D eigenvalue weighted by molar-refractivity contribution is 1.08. The fraction of sp³-hybridized carbons (Fsp3) is 0.231. The van der Waals surface area contributed by atoms with Crippen molar-refractivity contribution < 1.29 is 0 Å². The zero-order valence-corrected chi connectivity index (χ0v) is 20.0. The molecule has 0 radical (unpaired) electrons. The number of pyridine rings is 2. The number of imidazole rings is 3. The molecule has 168 valence electrons. The Morgan fingerprint density at radius 2 is 0.939 bits per heavy atom. The molecular weight excluding hydrogens is 410 g/mol. The molecule has 0 aliphatic carbocycles. The van der Waals surface area contributed by atoms with Gasteiger partial charge in [0.25, 0.3) is 0 Å². The Hall–Kier alpha value is -4.00. The van der Waals surface area contributed by atoms with E-state index in [4.69, 9.17) is 0 Å². The highest BCUT2D eigenvalue weighted by atomic mass is 15.1. The van der Waals surface area contributed by atoms with Crippen molar-refractivity contribution in [1.82, 2.24) is 33.1 Å². The average molecular weight is 440 g/mol. The number of fused-ring (bicyclic) bond motifs is 3. The molecule has 0 saturated carbocycles. The molecule has 6 aromatic heterocycles. The van der Waals surface area contributed by atoms with Gasteiger partial charge < -0.3 is 8.80 Å². The molecule has 7 nitrogen and oxygen atoms in total. The third-order valence-electron chi connectivity index (χ3n) is 5.00. The van der Waals surface area contributed by atoms with Crippen LogP contribution in [-0.4, -0.2) is 33.1 Å². The van der Waals surface area contributed by atoms with E-state index in [1.807, 2.05) is 84.0 Å². The van der Waals surface area contributed by atoms with Gasteiger partial charge in [-0.25, -0.2) is 19.9 Å². The van der Waals surface area contributed by atoms with Crippen LogP contribution in [0.1, 0.15) is 33.8 Å². The Balaban J connectivity index is 0.000000118. The van der Waals surface area contributed by atoms with Crippen molar-refractivity contribution in [2.24, 2.45) is 0 Å². The third-order valence-corrected chi connectivity index (χ3v) is 5.00. The van der Waals surface area contributed by atoms with Crippen LogP contribution in [0, 0.1) is 41.5 Å². The molecule has 6 heterocycles. The van der Waals surface area contributed by atoms with Gasteiger partial charge in [-0.1, -0.05) is 12.1 Å². The summed E-state index contributed by atoms with van der Waals surface area (Å²) in [6.07, 6.45) is 14.0. The van der Waals surface area contributed by atoms with Crippen LogP contribution in [0.2, 0.25) is 0 Å². The Labute approximate surface area is 193 Å². The first-order valence-corrected chi connectivity index (χ1v) is 10.9. The highest BCUT2D eigenvalue weighted by molar-refractivity contribution is 5.41. The first-order chi connectivity index (χ1) is 15.8. The van der Waals surface area contributed by atoms with E-state index in [0.29, 0.717) is 0 Å². The zero-order chi connectivity index (χ0) is 23.5. The van der Waals surface area contributed by atoms with E-state index in [0.717, 1.165) is 39.7 Å². The summed E-state index contributed by atoms with van der Waals surface area (Å²) in [5.41, 5.74) is 8.84. The lowest BCUT2D eigenvalue weighted by atomic mass is 10.3. The minimum absolute atomic E-state index is 0.771. The van der Waals surface area contributed by atoms with Crippen LogP contribution in [0.15, 0.2) is 67.6 Å². The number of hydrogen-bond donors (Lipinski definition) is 0. The summed E-state index contributed by atoms with van der Waals surface area (Å²) in [5.74, 6) is 0.771. The van der Waals surface area contributed by atoms with Gasteiger partial charge in [0.15, 0.2) is 0 Å². The van der Waals surface area contributed by atoms with Crippen molar-refractivity contribution in [3.63, 3.8) is 0 Å². The average Bonchev–Trinajstić information content (AvgIpc) is 3.41. The van der Waals surface area contributed by atoms with E-state index in [-0.39, 0.29) is 0 Å². The van der Waals surface area contributed by atoms with Crippen molar-refractivity contribution in [3.8, 4) is 0 Å². The largest absolute Gasteiger partial charge is 0.307 e. The highest BCUT2D eigenvalue weighted by Crippen LogP contribution is 2.06. The number of hydrogen-bond acceptors (Lipinski definition) is 4. The number of nitrogens with zero attached hydrogens (tertiary/aromatic N) is 7. The molecular formula is C26H29N7. The predicted octanol–water partition coefficient (Wildman–Crippen LogP) is 5.25. The third kappa shape index (κ3) is 5.44. The van der Waals surface area contributed by atoms with E-state index in [9.17, 15) is 0 Å². The van der Waals surface area contributed by atoms with Gasteiger partial charge in [0, 0.05) is 43.4 Å². The van der Waals surface area contributed by atoms with Crippen LogP contribution in [0.25, 0.3) is 17.1 Å². The van der Waals surface area contributed by atoms with Gasteiger partial charge in [-0.3, -0.25) is 4.40 Å². The minimum atomic E-state index is 0.771. The maximum Gasteiger partial charge on any atom is 0.233 e. The van der Waals surface area contributed by atoms with E-state index < -0.39 is 0 Å². The summed E-state index contributed by atoms with van der Waals surface area (Å²) in [5, 5.41) is 0. The second-order valence-corrected chi connectivity index (χ2v) is 8.43. The fourth-order valence-electron chi connectivity index (χ4n) is 3.57. The Morgan fingerprint density at radius 1 is 0.485 bits per heavy atom. The first-order valence-electron chi connectivity index (χ1n) is 10.9. The standard InChI is InChI=1S/2C9H10N2.C8H9N3/c2*1-7-3-4-9-10-8(2)6-11(9)5-7;1-6-3-9-8-10-7(2)5-11(8)4-6/h2*3-6H,1-2H3;3-5H,1-2H3. The number of aryl methyl sites for hydroxylation is 6. The molecule has 0 saturated heterocycles. The lowest BCUT2D eigenvalue weighted by Gasteiger charge is -1.92. The van der Waals surface area contributed by atoms with Crippen molar-refractivity contribution in [1.29, 1.82) is 0 Å². The number of rotatable bonds is 0. The second-order valence-electron chi connectivity index (χ2n) is 8.43. The summed E-state index contributed by atoms with van der Waals surface area (Å²) in [7, 11) is 0. The summed E-state index contributed by atoms with van der Waals surface area (Å²) in [4.78, 5) is 17.0. The predicted molar refractivity (Wildman–Crippen MR) is 132 cm³/mol. The summed E-state index contributed by atoms with van der Waals surface area (Å²) < 4.78 is 6.03. The normalized spacial score (nSPS) is 10.7. The summed E-state index contributed by atoms with van der Waals surface area (Å²) >= 11 is 0. The van der Waals surface area contributed by atoms with E-state index in [2.05, 4.69) is 58.3 Å². The molecule has 0 fully saturated rings. The van der Waals surface area contributed by atoms with Gasteiger partial charge >= 0.3 is 0 Å². The van der Waals surface area contributed by atoms with Crippen LogP contribution in [0.5, 0.6) is 0 Å². The first kappa shape index (κ1) is 22.2.